The van der Waals surface area contributed by atoms with Crippen LogP contribution < -0.4 is 10.1 Å². The number of hydrogen-bond acceptors (Lipinski definition) is 6. The molecule has 2 aromatic carbocycles. The first-order valence-corrected chi connectivity index (χ1v) is 11.7. The number of benzene rings is 2. The van der Waals surface area contributed by atoms with Crippen LogP contribution >= 0.6 is 11.8 Å². The molecule has 0 aliphatic carbocycles. The van der Waals surface area contributed by atoms with E-state index in [1.165, 1.54) is 19.2 Å². The summed E-state index contributed by atoms with van der Waals surface area (Å²) >= 11 is 0.782. The van der Waals surface area contributed by atoms with Crippen molar-refractivity contribution in [1.29, 1.82) is 0 Å². The minimum absolute atomic E-state index is 0.186. The van der Waals surface area contributed by atoms with Gasteiger partial charge in [-0.1, -0.05) is 0 Å². The Kier molecular flexibility index (Phi) is 6.98. The molecule has 2 heterocycles. The maximum absolute atomic E-state index is 12.9. The summed E-state index contributed by atoms with van der Waals surface area (Å²) in [5.74, 6) is -1.39. The highest BCUT2D eigenvalue weighted by atomic mass is 32.2. The Balaban J connectivity index is 1.50. The molecule has 10 heteroatoms. The van der Waals surface area contributed by atoms with Crippen LogP contribution in [0.1, 0.15) is 27.3 Å². The van der Waals surface area contributed by atoms with Crippen molar-refractivity contribution in [3.05, 3.63) is 82.0 Å². The highest BCUT2D eigenvalue weighted by Gasteiger charge is 2.36. The number of imide groups is 1. The van der Waals surface area contributed by atoms with Crippen molar-refractivity contribution in [2.24, 2.45) is 0 Å². The predicted octanol–water partition coefficient (Wildman–Crippen LogP) is 4.48. The Bertz CT molecular complexity index is 1390. The maximum Gasteiger partial charge on any atom is 0.335 e. The van der Waals surface area contributed by atoms with Gasteiger partial charge in [0, 0.05) is 22.8 Å². The number of hydrogen-bond donors (Lipinski definition) is 2. The second kappa shape index (κ2) is 10.1. The Hall–Kier alpha value is -4.31. The summed E-state index contributed by atoms with van der Waals surface area (Å²) in [4.78, 5) is 50.1. The molecular weight excluding hydrogens is 482 g/mol. The lowest BCUT2D eigenvalue weighted by Gasteiger charge is -2.12. The molecule has 184 valence electrons. The molecule has 0 atom stereocenters. The number of aromatic carboxylic acids is 1. The van der Waals surface area contributed by atoms with Crippen LogP contribution in [-0.4, -0.2) is 51.3 Å². The van der Waals surface area contributed by atoms with Crippen molar-refractivity contribution in [1.82, 2.24) is 9.47 Å². The number of rotatable bonds is 7. The van der Waals surface area contributed by atoms with Crippen LogP contribution in [0.4, 0.5) is 10.5 Å². The molecule has 2 N–H and O–H groups in total. The van der Waals surface area contributed by atoms with E-state index in [1.807, 2.05) is 24.5 Å². The van der Waals surface area contributed by atoms with E-state index >= 15 is 0 Å². The Labute approximate surface area is 211 Å². The third-order valence-electron chi connectivity index (χ3n) is 5.68. The van der Waals surface area contributed by atoms with E-state index in [-0.39, 0.29) is 10.5 Å². The molecule has 1 aliphatic rings. The zero-order valence-corrected chi connectivity index (χ0v) is 20.6. The van der Waals surface area contributed by atoms with Gasteiger partial charge in [0.05, 0.1) is 17.6 Å². The van der Waals surface area contributed by atoms with Gasteiger partial charge in [-0.05, 0) is 91.8 Å². The van der Waals surface area contributed by atoms with E-state index in [0.717, 1.165) is 39.3 Å². The first kappa shape index (κ1) is 24.8. The third-order valence-corrected chi connectivity index (χ3v) is 6.59. The van der Waals surface area contributed by atoms with Crippen LogP contribution in [-0.2, 0) is 9.59 Å². The number of ether oxygens (including phenoxy) is 1. The van der Waals surface area contributed by atoms with E-state index in [9.17, 15) is 19.2 Å². The second-order valence-corrected chi connectivity index (χ2v) is 9.05. The summed E-state index contributed by atoms with van der Waals surface area (Å²) in [5.41, 5.74) is 3.92. The number of aryl methyl sites for hydroxylation is 1. The van der Waals surface area contributed by atoms with Gasteiger partial charge >= 0.3 is 5.97 Å². The zero-order chi connectivity index (χ0) is 26.0. The van der Waals surface area contributed by atoms with Gasteiger partial charge in [0.2, 0.25) is 5.91 Å². The number of carboxylic acids is 1. The normalized spacial score (nSPS) is 14.4. The van der Waals surface area contributed by atoms with E-state index < -0.39 is 29.6 Å². The first-order chi connectivity index (χ1) is 17.2. The smallest absolute Gasteiger partial charge is 0.335 e. The first-order valence-electron chi connectivity index (χ1n) is 10.9. The number of carbonyl (C=O) groups is 4. The molecule has 4 rings (SSSR count). The number of methoxy groups -OCH3 is 1. The summed E-state index contributed by atoms with van der Waals surface area (Å²) in [6.07, 6.45) is 1.64. The van der Waals surface area contributed by atoms with Crippen LogP contribution in [0.3, 0.4) is 0 Å². The van der Waals surface area contributed by atoms with Crippen molar-refractivity contribution in [3.8, 4) is 11.4 Å². The standard InChI is InChI=1S/C26H23N3O6S/c1-15-12-18(16(2)29(15)20-8-4-17(5-9-20)25(32)33)13-22-24(31)28(26(34)36-22)14-23(30)27-19-6-10-21(35-3)11-7-19/h4-13H,14H2,1-3H3,(H,27,30)(H,32,33)/b22-13+. The van der Waals surface area contributed by atoms with Crippen LogP contribution in [0.5, 0.6) is 5.75 Å². The molecule has 9 nitrogen and oxygen atoms in total. The molecule has 0 saturated carbocycles. The molecule has 1 aliphatic heterocycles. The van der Waals surface area contributed by atoms with Crippen LogP contribution in [0.15, 0.2) is 59.5 Å². The van der Waals surface area contributed by atoms with Gasteiger partial charge in [0.1, 0.15) is 12.3 Å². The lowest BCUT2D eigenvalue weighted by Crippen LogP contribution is -2.36. The Morgan fingerprint density at radius 3 is 2.33 bits per heavy atom. The quantitative estimate of drug-likeness (QED) is 0.455. The summed E-state index contributed by atoms with van der Waals surface area (Å²) in [5, 5.41) is 11.3. The molecule has 0 bridgehead atoms. The lowest BCUT2D eigenvalue weighted by atomic mass is 10.2. The number of carboxylic acid groups (broad SMARTS) is 1. The Morgan fingerprint density at radius 1 is 1.06 bits per heavy atom. The number of amides is 3. The van der Waals surface area contributed by atoms with Gasteiger partial charge in [-0.25, -0.2) is 4.79 Å². The minimum atomic E-state index is -1.00. The molecule has 0 unspecified atom stereocenters. The molecular formula is C26H23N3O6S. The average Bonchev–Trinajstić information content (AvgIpc) is 3.28. The van der Waals surface area contributed by atoms with Crippen LogP contribution in [0.2, 0.25) is 0 Å². The summed E-state index contributed by atoms with van der Waals surface area (Å²) in [7, 11) is 1.54. The minimum Gasteiger partial charge on any atom is -0.497 e. The largest absolute Gasteiger partial charge is 0.497 e. The molecule has 3 aromatic rings. The van der Waals surface area contributed by atoms with E-state index in [4.69, 9.17) is 9.84 Å². The molecule has 1 aromatic heterocycles. The summed E-state index contributed by atoms with van der Waals surface area (Å²) in [6.45, 7) is 3.37. The Morgan fingerprint density at radius 2 is 1.72 bits per heavy atom. The zero-order valence-electron chi connectivity index (χ0n) is 19.8. The van der Waals surface area contributed by atoms with Gasteiger partial charge in [0.25, 0.3) is 11.1 Å². The highest BCUT2D eigenvalue weighted by molar-refractivity contribution is 8.18. The maximum atomic E-state index is 12.9. The van der Waals surface area contributed by atoms with Crippen molar-refractivity contribution in [2.75, 3.05) is 19.0 Å². The number of carbonyl (C=O) groups excluding carboxylic acids is 3. The predicted molar refractivity (Wildman–Crippen MR) is 137 cm³/mol. The van der Waals surface area contributed by atoms with E-state index in [2.05, 4.69) is 5.32 Å². The number of aromatic nitrogens is 1. The van der Waals surface area contributed by atoms with Crippen LogP contribution in [0, 0.1) is 13.8 Å². The fourth-order valence-corrected chi connectivity index (χ4v) is 4.71. The summed E-state index contributed by atoms with van der Waals surface area (Å²) in [6, 6.07) is 15.1. The number of nitrogens with zero attached hydrogens (tertiary/aromatic N) is 2. The average molecular weight is 506 g/mol. The van der Waals surface area contributed by atoms with E-state index in [1.54, 1.807) is 42.5 Å². The van der Waals surface area contributed by atoms with Gasteiger partial charge in [-0.15, -0.1) is 0 Å². The van der Waals surface area contributed by atoms with Crippen LogP contribution in [0.25, 0.3) is 11.8 Å². The van der Waals surface area contributed by atoms with Crippen molar-refractivity contribution in [2.45, 2.75) is 13.8 Å². The van der Waals surface area contributed by atoms with E-state index in [0.29, 0.717) is 11.4 Å². The van der Waals surface area contributed by atoms with Gasteiger partial charge in [-0.3, -0.25) is 19.3 Å². The fraction of sp³-hybridized carbons (Fsp3) is 0.154. The third kappa shape index (κ3) is 5.03. The molecule has 3 amide bonds. The van der Waals surface area contributed by atoms with Gasteiger partial charge in [0.15, 0.2) is 0 Å². The molecule has 36 heavy (non-hydrogen) atoms. The second-order valence-electron chi connectivity index (χ2n) is 8.06. The monoisotopic (exact) mass is 505 g/mol. The lowest BCUT2D eigenvalue weighted by molar-refractivity contribution is -0.127. The topological polar surface area (TPSA) is 118 Å². The van der Waals surface area contributed by atoms with Gasteiger partial charge in [-0.2, -0.15) is 0 Å². The summed E-state index contributed by atoms with van der Waals surface area (Å²) < 4.78 is 7.02. The van der Waals surface area contributed by atoms with Crippen molar-refractivity contribution >= 4 is 46.5 Å². The molecule has 1 fully saturated rings. The fourth-order valence-electron chi connectivity index (χ4n) is 3.88. The highest BCUT2D eigenvalue weighted by Crippen LogP contribution is 2.33. The van der Waals surface area contributed by atoms with Crippen molar-refractivity contribution < 1.29 is 29.0 Å². The molecule has 0 radical (unpaired) electrons. The number of anilines is 1. The van der Waals surface area contributed by atoms with Crippen molar-refractivity contribution in [3.63, 3.8) is 0 Å². The SMILES string of the molecule is COc1ccc(NC(=O)CN2C(=O)S/C(=C/c3cc(C)n(-c4ccc(C(=O)O)cc4)c3C)C2=O)cc1. The molecule has 0 spiro atoms. The number of thioether (sulfide) groups is 1. The van der Waals surface area contributed by atoms with Gasteiger partial charge < -0.3 is 19.7 Å². The number of nitrogens with one attached hydrogen (secondary N) is 1. The molecule has 1 saturated heterocycles.